The quantitative estimate of drug-likeness (QED) is 0.251. The lowest BCUT2D eigenvalue weighted by atomic mass is 9.94. The Balaban J connectivity index is 1.37. The van der Waals surface area contributed by atoms with Crippen LogP contribution in [-0.2, 0) is 28.7 Å². The molecule has 4 aliphatic heterocycles. The summed E-state index contributed by atoms with van der Waals surface area (Å²) >= 11 is 6.62. The summed E-state index contributed by atoms with van der Waals surface area (Å²) in [7, 11) is 3.13. The monoisotopic (exact) mass is 694 g/mol. The number of hydrogen-bond donors (Lipinski definition) is 2. The predicted octanol–water partition coefficient (Wildman–Crippen LogP) is 4.00. The van der Waals surface area contributed by atoms with Crippen molar-refractivity contribution >= 4 is 34.7 Å². The Morgan fingerprint density at radius 3 is 2.77 bits per heavy atom. The van der Waals surface area contributed by atoms with E-state index in [-0.39, 0.29) is 54.2 Å². The highest BCUT2D eigenvalue weighted by molar-refractivity contribution is 6.45. The molecule has 0 bridgehead atoms. The fraction of sp³-hybridized carbons (Fsp3) is 0.562. The van der Waals surface area contributed by atoms with Gasteiger partial charge in [-0.2, -0.15) is 23.1 Å². The first-order valence-corrected chi connectivity index (χ1v) is 16.3. The molecule has 48 heavy (non-hydrogen) atoms. The van der Waals surface area contributed by atoms with E-state index in [0.29, 0.717) is 55.3 Å². The molecule has 0 saturated carbocycles. The first-order chi connectivity index (χ1) is 22.8. The van der Waals surface area contributed by atoms with Gasteiger partial charge < -0.3 is 30.7 Å². The van der Waals surface area contributed by atoms with E-state index in [1.807, 2.05) is 4.90 Å². The Labute approximate surface area is 280 Å². The fourth-order valence-electron chi connectivity index (χ4n) is 7.10. The van der Waals surface area contributed by atoms with Crippen LogP contribution < -0.4 is 21.1 Å². The maximum absolute atomic E-state index is 14.5. The predicted molar refractivity (Wildman–Crippen MR) is 173 cm³/mol. The number of aromatic nitrogens is 2. The molecule has 0 aliphatic carbocycles. The minimum absolute atomic E-state index is 0.00268. The van der Waals surface area contributed by atoms with Crippen LogP contribution in [0.3, 0.4) is 0 Å². The molecule has 2 fully saturated rings. The Morgan fingerprint density at radius 1 is 1.23 bits per heavy atom. The number of carbonyl (C=O) groups excluding carboxylic acids is 1. The number of likely N-dealkylation sites (N-methyl/N-ethyl adjacent to an activating group) is 1. The number of amides is 1. The third-order valence-electron chi connectivity index (χ3n) is 9.47. The van der Waals surface area contributed by atoms with Crippen LogP contribution in [0, 0.1) is 0 Å². The lowest BCUT2D eigenvalue weighted by Gasteiger charge is -2.33. The molecule has 16 heteroatoms. The van der Waals surface area contributed by atoms with Crippen molar-refractivity contribution in [1.82, 2.24) is 19.8 Å². The zero-order valence-corrected chi connectivity index (χ0v) is 27.6. The van der Waals surface area contributed by atoms with Crippen molar-refractivity contribution in [3.63, 3.8) is 0 Å². The summed E-state index contributed by atoms with van der Waals surface area (Å²) in [6.45, 7) is 2.26. The fourth-order valence-corrected chi connectivity index (χ4v) is 7.31. The van der Waals surface area contributed by atoms with Gasteiger partial charge in [0.05, 0.1) is 46.8 Å². The maximum Gasteiger partial charge on any atom is 0.416 e. The number of halogens is 5. The molecule has 1 aromatic heterocycles. The summed E-state index contributed by atoms with van der Waals surface area (Å²) in [5.74, 6) is -0.0141. The van der Waals surface area contributed by atoms with Gasteiger partial charge in [0.25, 0.3) is 5.91 Å². The molecule has 11 nitrogen and oxygen atoms in total. The van der Waals surface area contributed by atoms with Gasteiger partial charge in [0, 0.05) is 57.8 Å². The lowest BCUT2D eigenvalue weighted by molar-refractivity contribution is -0.139. The minimum atomic E-state index is -4.62. The molecule has 1 unspecified atom stereocenters. The SMILES string of the molecule is CN(C)C(=O)/C(N)=C(\Cl)C1=NCCCN(c2nc(OC[C@@]34CCCN3C[C@H](F)C4)nc3c2COC(c2cc(N)ccc2C(F)(F)F)C3)C1. The molecular formula is C32H39ClF4N8O3. The molecule has 5 heterocycles. The average Bonchev–Trinajstić information content (AvgIpc) is 3.45. The van der Waals surface area contributed by atoms with Gasteiger partial charge in [-0.3, -0.25) is 14.7 Å². The zero-order valence-electron chi connectivity index (χ0n) is 26.8. The summed E-state index contributed by atoms with van der Waals surface area (Å²) in [5.41, 5.74) is 12.1. The van der Waals surface area contributed by atoms with Gasteiger partial charge in [-0.05, 0) is 49.6 Å². The first-order valence-electron chi connectivity index (χ1n) is 15.9. The molecule has 1 aromatic carbocycles. The van der Waals surface area contributed by atoms with Crippen molar-refractivity contribution in [2.45, 2.75) is 62.7 Å². The second-order valence-electron chi connectivity index (χ2n) is 13.0. The van der Waals surface area contributed by atoms with Crippen LogP contribution in [0.1, 0.15) is 54.2 Å². The molecule has 3 atom stereocenters. The molecule has 1 amide bonds. The summed E-state index contributed by atoms with van der Waals surface area (Å²) in [4.78, 5) is 32.0. The topological polar surface area (TPSA) is 135 Å². The van der Waals surface area contributed by atoms with Gasteiger partial charge in [-0.25, -0.2) is 4.39 Å². The van der Waals surface area contributed by atoms with E-state index in [4.69, 9.17) is 42.5 Å². The molecule has 260 valence electrons. The van der Waals surface area contributed by atoms with Crippen LogP contribution in [0.2, 0.25) is 0 Å². The highest BCUT2D eigenvalue weighted by atomic mass is 35.5. The molecule has 0 radical (unpaired) electrons. The van der Waals surface area contributed by atoms with Crippen LogP contribution in [0.25, 0.3) is 0 Å². The number of rotatable bonds is 7. The second-order valence-corrected chi connectivity index (χ2v) is 13.4. The molecule has 2 aromatic rings. The van der Waals surface area contributed by atoms with Gasteiger partial charge in [-0.15, -0.1) is 0 Å². The Hall–Kier alpha value is -3.69. The van der Waals surface area contributed by atoms with E-state index < -0.39 is 35.5 Å². The average molecular weight is 695 g/mol. The van der Waals surface area contributed by atoms with Crippen molar-refractivity contribution in [2.75, 3.05) is 64.1 Å². The Kier molecular flexibility index (Phi) is 9.48. The van der Waals surface area contributed by atoms with Crippen LogP contribution in [-0.4, -0.2) is 96.5 Å². The van der Waals surface area contributed by atoms with Crippen molar-refractivity contribution in [3.8, 4) is 6.01 Å². The normalized spacial score (nSPS) is 25.1. The number of nitrogen functional groups attached to an aromatic ring is 1. The number of alkyl halides is 4. The van der Waals surface area contributed by atoms with Gasteiger partial charge in [-0.1, -0.05) is 11.6 Å². The van der Waals surface area contributed by atoms with Crippen LogP contribution in [0.15, 0.2) is 33.9 Å². The largest absolute Gasteiger partial charge is 0.461 e. The van der Waals surface area contributed by atoms with E-state index in [1.54, 1.807) is 14.1 Å². The number of fused-ring (bicyclic) bond motifs is 2. The number of ether oxygens (including phenoxy) is 2. The summed E-state index contributed by atoms with van der Waals surface area (Å²) in [6.07, 6.45) is -3.90. The number of nitrogens with two attached hydrogens (primary N) is 2. The summed E-state index contributed by atoms with van der Waals surface area (Å²) < 4.78 is 68.9. The summed E-state index contributed by atoms with van der Waals surface area (Å²) in [5, 5.41) is 0.0279. The van der Waals surface area contributed by atoms with Crippen molar-refractivity contribution < 1.29 is 31.8 Å². The van der Waals surface area contributed by atoms with Crippen molar-refractivity contribution in [2.24, 2.45) is 10.7 Å². The molecule has 4 N–H and O–H groups in total. The Bertz CT molecular complexity index is 1640. The number of hydrogen-bond acceptors (Lipinski definition) is 10. The number of carbonyl (C=O) groups is 1. The number of anilines is 2. The lowest BCUT2D eigenvalue weighted by Crippen LogP contribution is -2.43. The van der Waals surface area contributed by atoms with Gasteiger partial charge >= 0.3 is 12.2 Å². The first kappa shape index (κ1) is 34.2. The minimum Gasteiger partial charge on any atom is -0.461 e. The van der Waals surface area contributed by atoms with E-state index in [2.05, 4.69) is 9.89 Å². The second kappa shape index (κ2) is 13.3. The van der Waals surface area contributed by atoms with Gasteiger partial charge in [0.2, 0.25) is 0 Å². The molecule has 0 spiro atoms. The Morgan fingerprint density at radius 2 is 2.02 bits per heavy atom. The van der Waals surface area contributed by atoms with E-state index in [0.717, 1.165) is 25.5 Å². The van der Waals surface area contributed by atoms with E-state index >= 15 is 0 Å². The molecule has 4 aliphatic rings. The summed E-state index contributed by atoms with van der Waals surface area (Å²) in [6, 6.07) is 3.48. The highest BCUT2D eigenvalue weighted by Gasteiger charge is 2.49. The van der Waals surface area contributed by atoms with Gasteiger partial charge in [0.1, 0.15) is 24.3 Å². The third kappa shape index (κ3) is 6.77. The molecular weight excluding hydrogens is 656 g/mol. The third-order valence-corrected chi connectivity index (χ3v) is 9.89. The van der Waals surface area contributed by atoms with Crippen LogP contribution in [0.5, 0.6) is 6.01 Å². The van der Waals surface area contributed by atoms with Crippen molar-refractivity contribution in [1.29, 1.82) is 0 Å². The standard InChI is InChI=1S/C32H39ClF4N8O3/c1-43(2)29(46)27(39)26(33)24-15-44(9-4-8-40-24)28-21-16-47-25(20-11-19(38)5-6-22(20)32(35,36)37)12-23(21)41-30(42-28)48-17-31-7-3-10-45(31)14-18(34)13-31/h5-6,11,18,25H,3-4,7-10,12-17,38-39H2,1-2H3/b27-26+/t18-,25?,31+/m1/s1. The highest BCUT2D eigenvalue weighted by Crippen LogP contribution is 2.43. The number of benzene rings is 1. The van der Waals surface area contributed by atoms with Crippen LogP contribution in [0.4, 0.5) is 29.1 Å². The van der Waals surface area contributed by atoms with Crippen molar-refractivity contribution in [3.05, 3.63) is 51.3 Å². The van der Waals surface area contributed by atoms with E-state index in [9.17, 15) is 22.4 Å². The smallest absolute Gasteiger partial charge is 0.416 e. The number of nitrogens with zero attached hydrogens (tertiary/aromatic N) is 6. The van der Waals surface area contributed by atoms with E-state index in [1.165, 1.54) is 17.0 Å². The van der Waals surface area contributed by atoms with Crippen LogP contribution >= 0.6 is 11.6 Å². The maximum atomic E-state index is 14.5. The zero-order chi connectivity index (χ0) is 34.4. The number of aliphatic imine (C=N–C) groups is 1. The van der Waals surface area contributed by atoms with Gasteiger partial charge in [0.15, 0.2) is 0 Å². The molecule has 2 saturated heterocycles. The molecule has 6 rings (SSSR count).